The summed E-state index contributed by atoms with van der Waals surface area (Å²) < 4.78 is 43.1. The molecule has 1 aromatic rings. The lowest BCUT2D eigenvalue weighted by molar-refractivity contribution is -0.137. The van der Waals surface area contributed by atoms with Gasteiger partial charge in [0.1, 0.15) is 5.76 Å². The highest BCUT2D eigenvalue weighted by Gasteiger charge is 2.31. The summed E-state index contributed by atoms with van der Waals surface area (Å²) in [5, 5.41) is 0. The quantitative estimate of drug-likeness (QED) is 0.746. The minimum Gasteiger partial charge on any atom is -0.476 e. The Hall–Kier alpha value is -1.65. The summed E-state index contributed by atoms with van der Waals surface area (Å²) in [5.41, 5.74) is 0.437. The average molecular weight is 243 g/mol. The van der Waals surface area contributed by atoms with Gasteiger partial charge < -0.3 is 9.64 Å². The number of allylic oxidation sites excluding steroid dienone is 1. The molecule has 0 saturated heterocycles. The van der Waals surface area contributed by atoms with E-state index in [9.17, 15) is 13.2 Å². The molecule has 92 valence electrons. The lowest BCUT2D eigenvalue weighted by atomic mass is 10.1. The van der Waals surface area contributed by atoms with Gasteiger partial charge in [0.15, 0.2) is 6.73 Å². The lowest BCUT2D eigenvalue weighted by Gasteiger charge is -2.17. The molecule has 0 unspecified atom stereocenters. The van der Waals surface area contributed by atoms with E-state index in [1.807, 2.05) is 0 Å². The van der Waals surface area contributed by atoms with Crippen molar-refractivity contribution in [1.29, 1.82) is 0 Å². The number of benzene rings is 1. The van der Waals surface area contributed by atoms with Crippen molar-refractivity contribution in [2.24, 2.45) is 0 Å². The van der Waals surface area contributed by atoms with Gasteiger partial charge in [-0.15, -0.1) is 0 Å². The van der Waals surface area contributed by atoms with E-state index in [0.717, 1.165) is 12.1 Å². The molecule has 0 atom stereocenters. The van der Waals surface area contributed by atoms with Crippen molar-refractivity contribution in [3.05, 3.63) is 41.3 Å². The summed E-state index contributed by atoms with van der Waals surface area (Å²) in [5.74, 6) is 0.695. The molecule has 1 aliphatic rings. The monoisotopic (exact) mass is 243 g/mol. The van der Waals surface area contributed by atoms with E-state index in [-0.39, 0.29) is 6.73 Å². The Labute approximate surface area is 97.3 Å². The molecule has 0 aliphatic carbocycles. The van der Waals surface area contributed by atoms with E-state index >= 15 is 0 Å². The van der Waals surface area contributed by atoms with Gasteiger partial charge in [0, 0.05) is 11.9 Å². The molecule has 2 nitrogen and oxygen atoms in total. The minimum atomic E-state index is -4.32. The van der Waals surface area contributed by atoms with Crippen LogP contribution >= 0.6 is 0 Å². The first kappa shape index (κ1) is 11.8. The van der Waals surface area contributed by atoms with Crippen LogP contribution in [0, 0.1) is 6.92 Å². The summed E-state index contributed by atoms with van der Waals surface area (Å²) in [7, 11) is 0. The van der Waals surface area contributed by atoms with Crippen LogP contribution in [0.2, 0.25) is 0 Å². The van der Waals surface area contributed by atoms with Gasteiger partial charge in [-0.25, -0.2) is 0 Å². The molecule has 0 saturated carbocycles. The first-order chi connectivity index (χ1) is 7.86. The Morgan fingerprint density at radius 1 is 1.18 bits per heavy atom. The molecule has 0 amide bonds. The first-order valence-corrected chi connectivity index (χ1v) is 5.13. The highest BCUT2D eigenvalue weighted by atomic mass is 19.4. The van der Waals surface area contributed by atoms with Gasteiger partial charge in [-0.3, -0.25) is 0 Å². The second kappa shape index (κ2) is 3.98. The topological polar surface area (TPSA) is 12.5 Å². The maximum Gasteiger partial charge on any atom is 0.416 e. The summed E-state index contributed by atoms with van der Waals surface area (Å²) >= 11 is 0. The van der Waals surface area contributed by atoms with Gasteiger partial charge in [-0.05, 0) is 37.6 Å². The van der Waals surface area contributed by atoms with Gasteiger partial charge in [-0.1, -0.05) is 0 Å². The molecule has 1 aliphatic heterocycles. The Bertz CT molecular complexity index is 465. The number of halogens is 3. The highest BCUT2D eigenvalue weighted by molar-refractivity contribution is 5.54. The van der Waals surface area contributed by atoms with Crippen LogP contribution in [0.5, 0.6) is 0 Å². The van der Waals surface area contributed by atoms with Crippen LogP contribution in [0.25, 0.3) is 0 Å². The van der Waals surface area contributed by atoms with E-state index in [4.69, 9.17) is 4.74 Å². The Balaban J connectivity index is 2.39. The van der Waals surface area contributed by atoms with Crippen molar-refractivity contribution in [3.63, 3.8) is 0 Å². The summed E-state index contributed by atoms with van der Waals surface area (Å²) in [6, 6.07) is 3.97. The fraction of sp³-hybridized carbons (Fsp3) is 0.333. The molecule has 17 heavy (non-hydrogen) atoms. The van der Waals surface area contributed by atoms with E-state index in [0.29, 0.717) is 17.0 Å². The Morgan fingerprint density at radius 2 is 1.88 bits per heavy atom. The average Bonchev–Trinajstić information content (AvgIpc) is 2.62. The third-order valence-electron chi connectivity index (χ3n) is 2.49. The molecule has 1 heterocycles. The van der Waals surface area contributed by atoms with Gasteiger partial charge in [0.2, 0.25) is 0 Å². The van der Waals surface area contributed by atoms with Crippen molar-refractivity contribution in [2.75, 3.05) is 11.6 Å². The Kier molecular flexibility index (Phi) is 2.77. The van der Waals surface area contributed by atoms with Gasteiger partial charge in [0.25, 0.3) is 0 Å². The zero-order valence-electron chi connectivity index (χ0n) is 9.51. The molecule has 0 radical (unpaired) electrons. The standard InChI is InChI=1S/C12H12F3NO/c1-8-3-10(12(13,14)15)5-11(4-8)16-6-9(2)17-7-16/h3-6H,7H2,1-2H3. The zero-order valence-corrected chi connectivity index (χ0v) is 9.51. The zero-order chi connectivity index (χ0) is 12.6. The third kappa shape index (κ3) is 2.54. The van der Waals surface area contributed by atoms with Crippen molar-refractivity contribution in [3.8, 4) is 0 Å². The van der Waals surface area contributed by atoms with E-state index in [2.05, 4.69) is 0 Å². The normalized spacial score (nSPS) is 15.8. The fourth-order valence-electron chi connectivity index (χ4n) is 1.71. The second-order valence-electron chi connectivity index (χ2n) is 4.04. The summed E-state index contributed by atoms with van der Waals surface area (Å²) in [6.45, 7) is 3.67. The van der Waals surface area contributed by atoms with Gasteiger partial charge in [-0.2, -0.15) is 13.2 Å². The van der Waals surface area contributed by atoms with Crippen molar-refractivity contribution < 1.29 is 17.9 Å². The number of nitrogens with zero attached hydrogens (tertiary/aromatic N) is 1. The van der Waals surface area contributed by atoms with Crippen LogP contribution in [-0.2, 0) is 10.9 Å². The minimum absolute atomic E-state index is 0.257. The van der Waals surface area contributed by atoms with Crippen LogP contribution < -0.4 is 4.90 Å². The van der Waals surface area contributed by atoms with E-state index in [1.165, 1.54) is 0 Å². The number of rotatable bonds is 1. The molecule has 0 bridgehead atoms. The molecule has 1 aromatic carbocycles. The largest absolute Gasteiger partial charge is 0.476 e. The second-order valence-corrected chi connectivity index (χ2v) is 4.04. The predicted molar refractivity (Wildman–Crippen MR) is 58.4 cm³/mol. The smallest absolute Gasteiger partial charge is 0.416 e. The van der Waals surface area contributed by atoms with E-state index < -0.39 is 11.7 Å². The van der Waals surface area contributed by atoms with E-state index in [1.54, 1.807) is 31.0 Å². The van der Waals surface area contributed by atoms with Crippen LogP contribution in [0.4, 0.5) is 18.9 Å². The molecule has 0 spiro atoms. The fourth-order valence-corrected chi connectivity index (χ4v) is 1.71. The third-order valence-corrected chi connectivity index (χ3v) is 2.49. The number of hydrogen-bond acceptors (Lipinski definition) is 2. The van der Waals surface area contributed by atoms with Crippen molar-refractivity contribution in [2.45, 2.75) is 20.0 Å². The van der Waals surface area contributed by atoms with Crippen molar-refractivity contribution in [1.82, 2.24) is 0 Å². The van der Waals surface area contributed by atoms with Crippen molar-refractivity contribution >= 4 is 5.69 Å². The number of alkyl halides is 3. The van der Waals surface area contributed by atoms with Crippen LogP contribution in [-0.4, -0.2) is 6.73 Å². The molecule has 0 aromatic heterocycles. The van der Waals surface area contributed by atoms with Gasteiger partial charge in [0.05, 0.1) is 5.56 Å². The summed E-state index contributed by atoms with van der Waals surface area (Å²) in [4.78, 5) is 1.65. The predicted octanol–water partition coefficient (Wildman–Crippen LogP) is 3.67. The van der Waals surface area contributed by atoms with Crippen LogP contribution in [0.15, 0.2) is 30.2 Å². The summed E-state index contributed by atoms with van der Waals surface area (Å²) in [6.07, 6.45) is -2.63. The molecular weight excluding hydrogens is 231 g/mol. The maximum atomic E-state index is 12.6. The molecule has 0 N–H and O–H groups in total. The number of hydrogen-bond donors (Lipinski definition) is 0. The van der Waals surface area contributed by atoms with Crippen LogP contribution in [0.1, 0.15) is 18.1 Å². The molecule has 5 heteroatoms. The molecular formula is C12H12F3NO. The van der Waals surface area contributed by atoms with Crippen LogP contribution in [0.3, 0.4) is 0 Å². The molecule has 2 rings (SSSR count). The SMILES string of the molecule is CC1=CN(c2cc(C)cc(C(F)(F)F)c2)CO1. The Morgan fingerprint density at radius 3 is 2.41 bits per heavy atom. The first-order valence-electron chi connectivity index (χ1n) is 5.13. The number of aryl methyl sites for hydroxylation is 1. The molecule has 0 fully saturated rings. The maximum absolute atomic E-state index is 12.6. The number of anilines is 1. The number of ether oxygens (including phenoxy) is 1. The van der Waals surface area contributed by atoms with Gasteiger partial charge >= 0.3 is 6.18 Å². The lowest BCUT2D eigenvalue weighted by Crippen LogP contribution is -2.15. The highest BCUT2D eigenvalue weighted by Crippen LogP contribution is 2.33.